The van der Waals surface area contributed by atoms with E-state index in [-0.39, 0.29) is 5.82 Å². The Labute approximate surface area is 110 Å². The van der Waals surface area contributed by atoms with E-state index in [4.69, 9.17) is 23.2 Å². The molecule has 17 heavy (non-hydrogen) atoms. The van der Waals surface area contributed by atoms with Crippen LogP contribution in [0, 0.1) is 5.82 Å². The van der Waals surface area contributed by atoms with Crippen molar-refractivity contribution in [2.45, 2.75) is 12.8 Å². The summed E-state index contributed by atoms with van der Waals surface area (Å²) >= 11 is 11.8. The second kappa shape index (κ2) is 5.52. The molecule has 0 amide bonds. The lowest BCUT2D eigenvalue weighted by molar-refractivity contribution is 0.625. The van der Waals surface area contributed by atoms with Gasteiger partial charge in [-0.2, -0.15) is 0 Å². The summed E-state index contributed by atoms with van der Waals surface area (Å²) < 4.78 is 13.0. The normalized spacial score (nSPS) is 10.5. The third-order valence-corrected chi connectivity index (χ3v) is 2.95. The molecule has 3 heteroatoms. The van der Waals surface area contributed by atoms with Crippen molar-refractivity contribution in [3.8, 4) is 0 Å². The lowest BCUT2D eigenvalue weighted by Gasteiger charge is -2.04. The topological polar surface area (TPSA) is 0 Å². The molecule has 0 aliphatic carbocycles. The zero-order valence-corrected chi connectivity index (χ0v) is 10.6. The van der Waals surface area contributed by atoms with E-state index < -0.39 is 0 Å². The lowest BCUT2D eigenvalue weighted by atomic mass is 10.0. The van der Waals surface area contributed by atoms with Gasteiger partial charge in [0.15, 0.2) is 0 Å². The van der Waals surface area contributed by atoms with Gasteiger partial charge in [-0.1, -0.05) is 35.3 Å². The molecule has 0 heterocycles. The van der Waals surface area contributed by atoms with E-state index in [2.05, 4.69) is 0 Å². The van der Waals surface area contributed by atoms with Gasteiger partial charge in [-0.15, -0.1) is 0 Å². The number of benzene rings is 2. The maximum Gasteiger partial charge on any atom is 0.123 e. The van der Waals surface area contributed by atoms with Crippen LogP contribution in [0.4, 0.5) is 4.39 Å². The van der Waals surface area contributed by atoms with Crippen LogP contribution in [0.1, 0.15) is 11.1 Å². The van der Waals surface area contributed by atoms with Crippen molar-refractivity contribution in [1.29, 1.82) is 0 Å². The van der Waals surface area contributed by atoms with Crippen molar-refractivity contribution in [3.05, 3.63) is 69.5 Å². The minimum Gasteiger partial charge on any atom is -0.207 e. The minimum atomic E-state index is -0.202. The average Bonchev–Trinajstić information content (AvgIpc) is 2.25. The third kappa shape index (κ3) is 3.72. The molecule has 0 saturated carbocycles. The summed E-state index contributed by atoms with van der Waals surface area (Å²) in [5.74, 6) is -0.202. The first kappa shape index (κ1) is 12.4. The maximum atomic E-state index is 13.0. The van der Waals surface area contributed by atoms with Gasteiger partial charge in [-0.3, -0.25) is 0 Å². The van der Waals surface area contributed by atoms with E-state index in [0.717, 1.165) is 24.0 Å². The van der Waals surface area contributed by atoms with Gasteiger partial charge < -0.3 is 0 Å². The third-order valence-electron chi connectivity index (χ3n) is 2.51. The van der Waals surface area contributed by atoms with Crippen molar-refractivity contribution in [2.24, 2.45) is 0 Å². The van der Waals surface area contributed by atoms with Crippen molar-refractivity contribution in [1.82, 2.24) is 0 Å². The van der Waals surface area contributed by atoms with Gasteiger partial charge in [0, 0.05) is 10.0 Å². The molecule has 0 unspecified atom stereocenters. The molecule has 0 saturated heterocycles. The first-order valence-electron chi connectivity index (χ1n) is 5.33. The predicted octanol–water partition coefficient (Wildman–Crippen LogP) is 4.92. The second-order valence-electron chi connectivity index (χ2n) is 3.91. The summed E-state index contributed by atoms with van der Waals surface area (Å²) in [7, 11) is 0. The Bertz CT molecular complexity index is 503. The van der Waals surface area contributed by atoms with Crippen LogP contribution < -0.4 is 0 Å². The molecule has 0 aliphatic heterocycles. The monoisotopic (exact) mass is 268 g/mol. The Morgan fingerprint density at radius 3 is 2.12 bits per heavy atom. The first-order valence-corrected chi connectivity index (χ1v) is 6.08. The summed E-state index contributed by atoms with van der Waals surface area (Å²) in [5.41, 5.74) is 2.04. The zero-order chi connectivity index (χ0) is 12.3. The van der Waals surface area contributed by atoms with E-state index in [1.165, 1.54) is 6.07 Å². The van der Waals surface area contributed by atoms with Gasteiger partial charge in [0.25, 0.3) is 0 Å². The van der Waals surface area contributed by atoms with E-state index in [0.29, 0.717) is 10.0 Å². The summed E-state index contributed by atoms with van der Waals surface area (Å²) in [6.07, 6.45) is 1.57. The quantitative estimate of drug-likeness (QED) is 0.742. The minimum absolute atomic E-state index is 0.202. The highest BCUT2D eigenvalue weighted by Gasteiger charge is 2.00. The first-order chi connectivity index (χ1) is 8.13. The van der Waals surface area contributed by atoms with Gasteiger partial charge in [0.1, 0.15) is 5.82 Å². The highest BCUT2D eigenvalue weighted by Crippen LogP contribution is 2.20. The Morgan fingerprint density at radius 2 is 1.47 bits per heavy atom. The summed E-state index contributed by atoms with van der Waals surface area (Å²) in [4.78, 5) is 0. The fourth-order valence-electron chi connectivity index (χ4n) is 1.74. The highest BCUT2D eigenvalue weighted by atomic mass is 35.5. The van der Waals surface area contributed by atoms with Gasteiger partial charge >= 0.3 is 0 Å². The fourth-order valence-corrected chi connectivity index (χ4v) is 2.31. The summed E-state index contributed by atoms with van der Waals surface area (Å²) in [6.45, 7) is 0. The van der Waals surface area contributed by atoms with Crippen LogP contribution in [-0.2, 0) is 12.8 Å². The van der Waals surface area contributed by atoms with Gasteiger partial charge in [0.2, 0.25) is 0 Å². The van der Waals surface area contributed by atoms with Crippen molar-refractivity contribution >= 4 is 23.2 Å². The molecule has 0 spiro atoms. The molecule has 0 radical (unpaired) electrons. The van der Waals surface area contributed by atoms with Crippen molar-refractivity contribution in [2.75, 3.05) is 0 Å². The second-order valence-corrected chi connectivity index (χ2v) is 4.78. The Balaban J connectivity index is 2.07. The van der Waals surface area contributed by atoms with Crippen LogP contribution in [0.2, 0.25) is 10.0 Å². The predicted molar refractivity (Wildman–Crippen MR) is 70.3 cm³/mol. The lowest BCUT2D eigenvalue weighted by Crippen LogP contribution is -1.92. The largest absolute Gasteiger partial charge is 0.207 e. The number of hydrogen-bond donors (Lipinski definition) is 0. The van der Waals surface area contributed by atoms with Crippen molar-refractivity contribution in [3.63, 3.8) is 0 Å². The van der Waals surface area contributed by atoms with Crippen molar-refractivity contribution < 1.29 is 4.39 Å². The Morgan fingerprint density at radius 1 is 0.824 bits per heavy atom. The van der Waals surface area contributed by atoms with Crippen LogP contribution in [-0.4, -0.2) is 0 Å². The molecule has 88 valence electrons. The maximum absolute atomic E-state index is 13.0. The number of halogens is 3. The highest BCUT2D eigenvalue weighted by molar-refractivity contribution is 6.34. The molecule has 0 nitrogen and oxygen atoms in total. The van der Waals surface area contributed by atoms with E-state index in [1.54, 1.807) is 18.2 Å². The van der Waals surface area contributed by atoms with Crippen LogP contribution in [0.3, 0.4) is 0 Å². The van der Waals surface area contributed by atoms with Gasteiger partial charge in [-0.25, -0.2) is 4.39 Å². The molecule has 2 aromatic carbocycles. The zero-order valence-electron chi connectivity index (χ0n) is 9.09. The number of aryl methyl sites for hydroxylation is 2. The fraction of sp³-hybridized carbons (Fsp3) is 0.143. The van der Waals surface area contributed by atoms with Gasteiger partial charge in [-0.05, 0) is 54.3 Å². The smallest absolute Gasteiger partial charge is 0.123 e. The molecule has 0 N–H and O–H groups in total. The van der Waals surface area contributed by atoms with E-state index in [1.807, 2.05) is 18.2 Å². The SMILES string of the molecule is Fc1cccc(CCc2cc(Cl)cc(Cl)c2)c1. The molecule has 0 atom stereocenters. The Hall–Kier alpha value is -1.05. The molecular formula is C14H11Cl2F. The molecule has 2 aromatic rings. The van der Waals surface area contributed by atoms with E-state index >= 15 is 0 Å². The molecule has 0 fully saturated rings. The van der Waals surface area contributed by atoms with Crippen LogP contribution in [0.15, 0.2) is 42.5 Å². The summed E-state index contributed by atoms with van der Waals surface area (Å²) in [5, 5.41) is 1.26. The van der Waals surface area contributed by atoms with Gasteiger partial charge in [0.05, 0.1) is 0 Å². The molecule has 0 bridgehead atoms. The summed E-state index contributed by atoms with van der Waals surface area (Å²) in [6, 6.07) is 12.1. The molecule has 0 aliphatic rings. The van der Waals surface area contributed by atoms with E-state index in [9.17, 15) is 4.39 Å². The molecule has 2 rings (SSSR count). The van der Waals surface area contributed by atoms with Crippen LogP contribution >= 0.6 is 23.2 Å². The van der Waals surface area contributed by atoms with Crippen LogP contribution in [0.5, 0.6) is 0 Å². The number of rotatable bonds is 3. The Kier molecular flexibility index (Phi) is 4.03. The van der Waals surface area contributed by atoms with Crippen LogP contribution in [0.25, 0.3) is 0 Å². The molecular weight excluding hydrogens is 258 g/mol. The standard InChI is InChI=1S/C14H11Cl2F/c15-12-6-11(7-13(16)9-12)5-4-10-2-1-3-14(17)8-10/h1-3,6-9H,4-5H2. The number of hydrogen-bond acceptors (Lipinski definition) is 0. The average molecular weight is 269 g/mol. The molecule has 0 aromatic heterocycles.